The first-order valence-electron chi connectivity index (χ1n) is 8.01. The molecule has 2 atom stereocenters. The molecular weight excluding hydrogens is 457 g/mol. The molecule has 142 valence electrons. The third kappa shape index (κ3) is 6.98. The fraction of sp³-hybridized carbons (Fsp3) is 0.562. The number of hydrogen-bond acceptors (Lipinski definition) is 5. The summed E-state index contributed by atoms with van der Waals surface area (Å²) in [6.45, 7) is 2.77. The van der Waals surface area contributed by atoms with Gasteiger partial charge in [-0.15, -0.1) is 24.0 Å². The van der Waals surface area contributed by atoms with Crippen LogP contribution in [0.1, 0.15) is 25.0 Å². The van der Waals surface area contributed by atoms with Gasteiger partial charge in [0.1, 0.15) is 5.75 Å². The van der Waals surface area contributed by atoms with E-state index in [4.69, 9.17) is 4.74 Å². The molecule has 0 amide bonds. The van der Waals surface area contributed by atoms with Crippen molar-refractivity contribution in [3.8, 4) is 5.75 Å². The number of nitrogens with one attached hydrogen (secondary N) is 2. The summed E-state index contributed by atoms with van der Waals surface area (Å²) in [5.74, 6) is 1.58. The van der Waals surface area contributed by atoms with E-state index in [2.05, 4.69) is 15.6 Å². The lowest BCUT2D eigenvalue weighted by molar-refractivity contribution is 0.187. The molecule has 1 aliphatic heterocycles. The number of aliphatic hydroxyl groups is 1. The van der Waals surface area contributed by atoms with Crippen LogP contribution in [0.15, 0.2) is 29.3 Å². The van der Waals surface area contributed by atoms with Crippen molar-refractivity contribution in [3.05, 3.63) is 29.8 Å². The largest absolute Gasteiger partial charge is 0.497 e. The molecule has 7 nitrogen and oxygen atoms in total. The van der Waals surface area contributed by atoms with Gasteiger partial charge in [0.2, 0.25) is 0 Å². The third-order valence-corrected chi connectivity index (χ3v) is 5.61. The van der Waals surface area contributed by atoms with Crippen molar-refractivity contribution >= 4 is 39.8 Å². The van der Waals surface area contributed by atoms with Crippen molar-refractivity contribution in [1.29, 1.82) is 0 Å². The smallest absolute Gasteiger partial charge is 0.191 e. The number of halogens is 1. The van der Waals surface area contributed by atoms with Crippen molar-refractivity contribution in [2.75, 3.05) is 31.7 Å². The van der Waals surface area contributed by atoms with E-state index in [9.17, 15) is 13.5 Å². The van der Waals surface area contributed by atoms with Gasteiger partial charge in [0.15, 0.2) is 15.8 Å². The molecule has 0 radical (unpaired) electrons. The first kappa shape index (κ1) is 22.0. The number of nitrogens with zero attached hydrogens (tertiary/aromatic N) is 1. The molecule has 1 fully saturated rings. The maximum absolute atomic E-state index is 11.5. The van der Waals surface area contributed by atoms with Gasteiger partial charge in [-0.2, -0.15) is 0 Å². The molecule has 2 unspecified atom stereocenters. The van der Waals surface area contributed by atoms with Crippen molar-refractivity contribution < 1.29 is 18.3 Å². The molecular formula is C16H26IN3O4S. The van der Waals surface area contributed by atoms with E-state index in [0.717, 1.165) is 11.3 Å². The Balaban J connectivity index is 0.00000312. The standard InChI is InChI=1S/C16H25N3O4S.HI/c1-3-17-16(19-13-8-9-24(21,22)11-13)18-10-15(20)12-4-6-14(23-2)7-5-12;/h4-7,13,15,20H,3,8-11H2,1-2H3,(H2,17,18,19);1H. The van der Waals surface area contributed by atoms with E-state index in [1.807, 2.05) is 6.92 Å². The number of hydrogen-bond donors (Lipinski definition) is 3. The average molecular weight is 483 g/mol. The third-order valence-electron chi connectivity index (χ3n) is 3.84. The summed E-state index contributed by atoms with van der Waals surface area (Å²) in [5, 5.41) is 16.4. The molecule has 9 heteroatoms. The first-order chi connectivity index (χ1) is 11.4. The number of methoxy groups -OCH3 is 1. The van der Waals surface area contributed by atoms with Crippen LogP contribution in [-0.2, 0) is 9.84 Å². The molecule has 2 rings (SSSR count). The van der Waals surface area contributed by atoms with E-state index in [-0.39, 0.29) is 48.1 Å². The highest BCUT2D eigenvalue weighted by molar-refractivity contribution is 14.0. The molecule has 0 bridgehead atoms. The topological polar surface area (TPSA) is 100 Å². The molecule has 0 aromatic heterocycles. The Morgan fingerprint density at radius 3 is 2.60 bits per heavy atom. The van der Waals surface area contributed by atoms with Crippen molar-refractivity contribution in [3.63, 3.8) is 0 Å². The second-order valence-corrected chi connectivity index (χ2v) is 7.98. The Labute approximate surface area is 166 Å². The molecule has 0 spiro atoms. The maximum atomic E-state index is 11.5. The van der Waals surface area contributed by atoms with Gasteiger partial charge in [0.05, 0.1) is 31.3 Å². The molecule has 1 aromatic carbocycles. The molecule has 3 N–H and O–H groups in total. The van der Waals surface area contributed by atoms with Crippen LogP contribution >= 0.6 is 24.0 Å². The number of benzene rings is 1. The van der Waals surface area contributed by atoms with Crippen LogP contribution < -0.4 is 15.4 Å². The molecule has 1 aromatic rings. The summed E-state index contributed by atoms with van der Waals surface area (Å²) in [4.78, 5) is 4.36. The van der Waals surface area contributed by atoms with E-state index in [1.165, 1.54) is 0 Å². The van der Waals surface area contributed by atoms with E-state index in [1.54, 1.807) is 31.4 Å². The fourth-order valence-corrected chi connectivity index (χ4v) is 4.20. The normalized spacial score (nSPS) is 20.4. The number of aliphatic imine (C=N–C) groups is 1. The summed E-state index contributed by atoms with van der Waals surface area (Å²) in [5.41, 5.74) is 0.749. The maximum Gasteiger partial charge on any atom is 0.191 e. The number of rotatable bonds is 6. The second-order valence-electron chi connectivity index (χ2n) is 5.75. The summed E-state index contributed by atoms with van der Waals surface area (Å²) < 4.78 is 28.2. The minimum Gasteiger partial charge on any atom is -0.497 e. The Morgan fingerprint density at radius 2 is 2.08 bits per heavy atom. The van der Waals surface area contributed by atoms with Crippen LogP contribution in [0.2, 0.25) is 0 Å². The van der Waals surface area contributed by atoms with Crippen molar-refractivity contribution in [2.45, 2.75) is 25.5 Å². The molecule has 1 aliphatic rings. The van der Waals surface area contributed by atoms with Gasteiger partial charge in [-0.05, 0) is 31.0 Å². The van der Waals surface area contributed by atoms with Crippen LogP contribution in [0.5, 0.6) is 5.75 Å². The summed E-state index contributed by atoms with van der Waals surface area (Å²) in [7, 11) is -1.35. The first-order valence-corrected chi connectivity index (χ1v) is 9.83. The fourth-order valence-electron chi connectivity index (χ4n) is 2.53. The van der Waals surface area contributed by atoms with Gasteiger partial charge in [-0.25, -0.2) is 8.42 Å². The predicted octanol–water partition coefficient (Wildman–Crippen LogP) is 1.09. The van der Waals surface area contributed by atoms with Crippen LogP contribution in [-0.4, -0.2) is 57.2 Å². The van der Waals surface area contributed by atoms with Crippen LogP contribution in [0, 0.1) is 0 Å². The summed E-state index contributed by atoms with van der Waals surface area (Å²) in [6.07, 6.45) is -0.160. The average Bonchev–Trinajstić information content (AvgIpc) is 2.91. The lowest BCUT2D eigenvalue weighted by Gasteiger charge is -2.17. The number of ether oxygens (including phenoxy) is 1. The molecule has 0 aliphatic carbocycles. The van der Waals surface area contributed by atoms with Crippen LogP contribution in [0.3, 0.4) is 0 Å². The van der Waals surface area contributed by atoms with Gasteiger partial charge in [-0.1, -0.05) is 12.1 Å². The molecule has 0 saturated carbocycles. The zero-order chi connectivity index (χ0) is 17.6. The monoisotopic (exact) mass is 483 g/mol. The second kappa shape index (κ2) is 10.2. The lowest BCUT2D eigenvalue weighted by atomic mass is 10.1. The van der Waals surface area contributed by atoms with Gasteiger partial charge >= 0.3 is 0 Å². The number of sulfone groups is 1. The Bertz CT molecular complexity index is 664. The number of guanidine groups is 1. The molecule has 1 saturated heterocycles. The quantitative estimate of drug-likeness (QED) is 0.318. The van der Waals surface area contributed by atoms with Gasteiger partial charge in [0.25, 0.3) is 0 Å². The predicted molar refractivity (Wildman–Crippen MR) is 110 cm³/mol. The lowest BCUT2D eigenvalue weighted by Crippen LogP contribution is -2.44. The van der Waals surface area contributed by atoms with Gasteiger partial charge in [0, 0.05) is 12.6 Å². The number of aliphatic hydroxyl groups excluding tert-OH is 1. The van der Waals surface area contributed by atoms with Crippen LogP contribution in [0.4, 0.5) is 0 Å². The Hall–Kier alpha value is -1.07. The Morgan fingerprint density at radius 1 is 1.40 bits per heavy atom. The van der Waals surface area contributed by atoms with E-state index in [0.29, 0.717) is 18.9 Å². The molecule has 1 heterocycles. The highest BCUT2D eigenvalue weighted by Crippen LogP contribution is 2.18. The van der Waals surface area contributed by atoms with Gasteiger partial charge in [-0.3, -0.25) is 4.99 Å². The van der Waals surface area contributed by atoms with E-state index < -0.39 is 15.9 Å². The van der Waals surface area contributed by atoms with Gasteiger partial charge < -0.3 is 20.5 Å². The summed E-state index contributed by atoms with van der Waals surface area (Å²) >= 11 is 0. The minimum absolute atomic E-state index is 0. The zero-order valence-corrected chi connectivity index (χ0v) is 17.6. The molecule has 25 heavy (non-hydrogen) atoms. The minimum atomic E-state index is -2.94. The van der Waals surface area contributed by atoms with Crippen molar-refractivity contribution in [1.82, 2.24) is 10.6 Å². The van der Waals surface area contributed by atoms with E-state index >= 15 is 0 Å². The van der Waals surface area contributed by atoms with Crippen molar-refractivity contribution in [2.24, 2.45) is 4.99 Å². The van der Waals surface area contributed by atoms with Crippen LogP contribution in [0.25, 0.3) is 0 Å². The zero-order valence-electron chi connectivity index (χ0n) is 14.4. The highest BCUT2D eigenvalue weighted by atomic mass is 127. The Kier molecular flexibility index (Phi) is 8.94. The SMILES string of the molecule is CCNC(=NCC(O)c1ccc(OC)cc1)NC1CCS(=O)(=O)C1.I. The summed E-state index contributed by atoms with van der Waals surface area (Å²) in [6, 6.07) is 7.03. The highest BCUT2D eigenvalue weighted by Gasteiger charge is 2.28.